The third-order valence-corrected chi connectivity index (χ3v) is 15.0. The van der Waals surface area contributed by atoms with Crippen LogP contribution in [0.4, 0.5) is 34.1 Å². The second kappa shape index (κ2) is 16.5. The molecule has 13 aromatic rings. The second-order valence-electron chi connectivity index (χ2n) is 18.7. The molecule has 0 bridgehead atoms. The van der Waals surface area contributed by atoms with E-state index in [1.54, 1.807) is 0 Å². The van der Waals surface area contributed by atoms with Crippen molar-refractivity contribution in [3.05, 3.63) is 301 Å². The van der Waals surface area contributed by atoms with Crippen molar-refractivity contribution in [3.63, 3.8) is 0 Å². The highest BCUT2D eigenvalue weighted by Gasteiger charge is 2.48. The molecule has 1 aliphatic carbocycles. The van der Waals surface area contributed by atoms with Crippen molar-refractivity contribution in [3.8, 4) is 11.1 Å². The van der Waals surface area contributed by atoms with Crippen LogP contribution in [0.15, 0.2) is 279 Å². The third-order valence-electron chi connectivity index (χ3n) is 15.0. The number of fused-ring (bicyclic) bond motifs is 9. The summed E-state index contributed by atoms with van der Waals surface area (Å²) in [6, 6.07) is 103. The molecule has 0 N–H and O–H groups in total. The van der Waals surface area contributed by atoms with Crippen LogP contribution in [-0.2, 0) is 5.41 Å². The normalized spacial score (nSPS) is 12.6. The summed E-state index contributed by atoms with van der Waals surface area (Å²) in [4.78, 5) is 5.05. The standard InChI is InChI=1S/C69H46N2/c1-3-29-51(30-4-1)69(52-31-5-2-6-32-52)61-45-53(70(63-39-17-25-47-21-7-11-33-54(47)63)64-40-18-26-48-22-8-12-34-55(48)64)43-44-60(61)68-59-38-16-15-37-58(59)67(46-62(68)69)71(65-41-19-27-49-23-9-13-35-56(49)65)66-42-20-28-50-24-10-14-36-57(50)66/h1-46H. The van der Waals surface area contributed by atoms with E-state index in [4.69, 9.17) is 0 Å². The topological polar surface area (TPSA) is 6.48 Å². The van der Waals surface area contributed by atoms with Gasteiger partial charge in [0, 0.05) is 32.6 Å². The molecule has 0 atom stereocenters. The van der Waals surface area contributed by atoms with Gasteiger partial charge < -0.3 is 9.80 Å². The number of benzene rings is 13. The van der Waals surface area contributed by atoms with Gasteiger partial charge in [-0.05, 0) is 103 Å². The minimum Gasteiger partial charge on any atom is -0.309 e. The van der Waals surface area contributed by atoms with Crippen LogP contribution in [-0.4, -0.2) is 0 Å². The van der Waals surface area contributed by atoms with E-state index in [0.29, 0.717) is 0 Å². The number of rotatable bonds is 8. The van der Waals surface area contributed by atoms with E-state index in [2.05, 4.69) is 289 Å². The zero-order valence-corrected chi connectivity index (χ0v) is 39.0. The van der Waals surface area contributed by atoms with E-state index in [9.17, 15) is 0 Å². The van der Waals surface area contributed by atoms with Gasteiger partial charge in [-0.1, -0.05) is 237 Å². The number of hydrogen-bond acceptors (Lipinski definition) is 2. The maximum atomic E-state index is 2.55. The first kappa shape index (κ1) is 40.8. The molecule has 2 heteroatoms. The monoisotopic (exact) mass is 902 g/mol. The smallest absolute Gasteiger partial charge is 0.0715 e. The molecule has 13 aromatic carbocycles. The van der Waals surface area contributed by atoms with Gasteiger partial charge in [0.15, 0.2) is 0 Å². The van der Waals surface area contributed by atoms with Gasteiger partial charge in [-0.25, -0.2) is 0 Å². The Hall–Kier alpha value is -9.24. The molecule has 0 unspecified atom stereocenters. The van der Waals surface area contributed by atoms with Crippen molar-refractivity contribution in [1.29, 1.82) is 0 Å². The van der Waals surface area contributed by atoms with Crippen LogP contribution in [0.25, 0.3) is 65.0 Å². The van der Waals surface area contributed by atoms with E-state index in [0.717, 1.165) is 34.1 Å². The van der Waals surface area contributed by atoms with Crippen LogP contribution in [0, 0.1) is 0 Å². The van der Waals surface area contributed by atoms with Crippen molar-refractivity contribution in [1.82, 2.24) is 0 Å². The van der Waals surface area contributed by atoms with Gasteiger partial charge in [-0.15, -0.1) is 0 Å². The summed E-state index contributed by atoms with van der Waals surface area (Å²) in [5.74, 6) is 0. The molecule has 0 saturated heterocycles. The maximum absolute atomic E-state index is 2.55. The van der Waals surface area contributed by atoms with E-state index >= 15 is 0 Å². The SMILES string of the molecule is c1ccc(C2(c3ccccc3)c3cc(N(c4cccc5ccccc45)c4cccc5ccccc45)ccc3-c3c2cc(N(c2cccc4ccccc24)c2cccc4ccccc24)c2ccccc32)cc1. The van der Waals surface area contributed by atoms with Gasteiger partial charge in [-0.2, -0.15) is 0 Å². The molecule has 0 aromatic heterocycles. The molecule has 2 nitrogen and oxygen atoms in total. The number of nitrogens with zero attached hydrogens (tertiary/aromatic N) is 2. The molecular weight excluding hydrogens is 857 g/mol. The van der Waals surface area contributed by atoms with Crippen LogP contribution in [0.3, 0.4) is 0 Å². The lowest BCUT2D eigenvalue weighted by Gasteiger charge is -2.36. The van der Waals surface area contributed by atoms with Gasteiger partial charge in [-0.3, -0.25) is 0 Å². The van der Waals surface area contributed by atoms with Crippen LogP contribution in [0.5, 0.6) is 0 Å². The summed E-state index contributed by atoms with van der Waals surface area (Å²) in [5.41, 5.74) is 13.5. The van der Waals surface area contributed by atoms with E-state index in [-0.39, 0.29) is 0 Å². The molecule has 0 spiro atoms. The Morgan fingerprint density at radius 1 is 0.239 bits per heavy atom. The highest BCUT2D eigenvalue weighted by molar-refractivity contribution is 6.15. The first-order chi connectivity index (χ1) is 35.3. The Balaban J connectivity index is 1.12. The molecule has 0 heterocycles. The Morgan fingerprint density at radius 3 is 1.06 bits per heavy atom. The summed E-state index contributed by atoms with van der Waals surface area (Å²) in [6.45, 7) is 0. The molecule has 0 fully saturated rings. The molecule has 0 aliphatic heterocycles. The lowest BCUT2D eigenvalue weighted by Crippen LogP contribution is -2.29. The minimum atomic E-state index is -0.728. The molecule has 0 saturated carbocycles. The summed E-state index contributed by atoms with van der Waals surface area (Å²) in [5, 5.41) is 12.0. The fourth-order valence-electron chi connectivity index (χ4n) is 12.0. The summed E-state index contributed by atoms with van der Waals surface area (Å²) in [7, 11) is 0. The predicted octanol–water partition coefficient (Wildman–Crippen LogP) is 18.8. The number of anilines is 6. The molecular formula is C69H46N2. The molecule has 0 radical (unpaired) electrons. The first-order valence-electron chi connectivity index (χ1n) is 24.6. The minimum absolute atomic E-state index is 0.728. The van der Waals surface area contributed by atoms with Crippen molar-refractivity contribution >= 4 is 88.0 Å². The van der Waals surface area contributed by atoms with Crippen molar-refractivity contribution in [2.75, 3.05) is 9.80 Å². The lowest BCUT2D eigenvalue weighted by molar-refractivity contribution is 0.769. The highest BCUT2D eigenvalue weighted by Crippen LogP contribution is 2.61. The van der Waals surface area contributed by atoms with Gasteiger partial charge >= 0.3 is 0 Å². The van der Waals surface area contributed by atoms with E-state index in [1.165, 1.54) is 87.2 Å². The Morgan fingerprint density at radius 2 is 0.606 bits per heavy atom. The molecule has 14 rings (SSSR count). The Bertz CT molecular complexity index is 3980. The molecule has 71 heavy (non-hydrogen) atoms. The Kier molecular flexibility index (Phi) is 9.47. The Labute approximate surface area is 413 Å². The maximum Gasteiger partial charge on any atom is 0.0715 e. The number of hydrogen-bond donors (Lipinski definition) is 0. The summed E-state index contributed by atoms with van der Waals surface area (Å²) in [6.07, 6.45) is 0. The van der Waals surface area contributed by atoms with Crippen LogP contribution < -0.4 is 9.80 Å². The average molecular weight is 903 g/mol. The van der Waals surface area contributed by atoms with Crippen LogP contribution >= 0.6 is 0 Å². The second-order valence-corrected chi connectivity index (χ2v) is 18.7. The fourth-order valence-corrected chi connectivity index (χ4v) is 12.0. The van der Waals surface area contributed by atoms with E-state index in [1.807, 2.05) is 0 Å². The van der Waals surface area contributed by atoms with Crippen LogP contribution in [0.1, 0.15) is 22.3 Å². The summed E-state index contributed by atoms with van der Waals surface area (Å²) >= 11 is 0. The van der Waals surface area contributed by atoms with Gasteiger partial charge in [0.25, 0.3) is 0 Å². The van der Waals surface area contributed by atoms with E-state index < -0.39 is 5.41 Å². The predicted molar refractivity (Wildman–Crippen MR) is 301 cm³/mol. The van der Waals surface area contributed by atoms with Crippen molar-refractivity contribution in [2.45, 2.75) is 5.41 Å². The van der Waals surface area contributed by atoms with Crippen molar-refractivity contribution in [2.24, 2.45) is 0 Å². The largest absolute Gasteiger partial charge is 0.309 e. The first-order valence-corrected chi connectivity index (χ1v) is 24.6. The lowest BCUT2D eigenvalue weighted by atomic mass is 9.67. The van der Waals surface area contributed by atoms with Gasteiger partial charge in [0.1, 0.15) is 0 Å². The van der Waals surface area contributed by atoms with Gasteiger partial charge in [0.2, 0.25) is 0 Å². The zero-order valence-electron chi connectivity index (χ0n) is 39.0. The third kappa shape index (κ3) is 6.28. The molecule has 1 aliphatic rings. The van der Waals surface area contributed by atoms with Crippen molar-refractivity contribution < 1.29 is 0 Å². The van der Waals surface area contributed by atoms with Crippen LogP contribution in [0.2, 0.25) is 0 Å². The fraction of sp³-hybridized carbons (Fsp3) is 0.0145. The molecule has 332 valence electrons. The highest BCUT2D eigenvalue weighted by atomic mass is 15.2. The zero-order chi connectivity index (χ0) is 46.9. The quantitative estimate of drug-likeness (QED) is 0.150. The molecule has 0 amide bonds. The summed E-state index contributed by atoms with van der Waals surface area (Å²) < 4.78 is 0. The average Bonchev–Trinajstić information content (AvgIpc) is 3.74. The van der Waals surface area contributed by atoms with Gasteiger partial charge in [0.05, 0.1) is 33.9 Å².